The van der Waals surface area contributed by atoms with Gasteiger partial charge in [0.05, 0.1) is 11.8 Å². The van der Waals surface area contributed by atoms with Gasteiger partial charge < -0.3 is 4.18 Å². The number of hydrazine groups is 1. The van der Waals surface area contributed by atoms with Gasteiger partial charge in [0.25, 0.3) is 17.7 Å². The Morgan fingerprint density at radius 2 is 1.40 bits per heavy atom. The van der Waals surface area contributed by atoms with Crippen molar-refractivity contribution in [1.82, 2.24) is 10.0 Å². The van der Waals surface area contributed by atoms with E-state index in [0.29, 0.717) is 5.02 Å². The predicted molar refractivity (Wildman–Crippen MR) is 152 cm³/mol. The zero-order valence-corrected chi connectivity index (χ0v) is 23.9. The quantitative estimate of drug-likeness (QED) is 0.161. The van der Waals surface area contributed by atoms with Crippen LogP contribution in [0.5, 0.6) is 5.75 Å². The fourth-order valence-corrected chi connectivity index (χ4v) is 6.96. The molecule has 3 aromatic carbocycles. The van der Waals surface area contributed by atoms with Crippen LogP contribution in [0.2, 0.25) is 5.02 Å². The summed E-state index contributed by atoms with van der Waals surface area (Å²) in [4.78, 5) is 54.1. The Kier molecular flexibility index (Phi) is 6.98. The van der Waals surface area contributed by atoms with Crippen molar-refractivity contribution in [2.45, 2.75) is 18.2 Å². The maximum atomic E-state index is 13.6. The highest BCUT2D eigenvalue weighted by atomic mass is 35.5. The van der Waals surface area contributed by atoms with E-state index in [1.807, 2.05) is 19.1 Å². The normalized spacial score (nSPS) is 22.4. The van der Waals surface area contributed by atoms with Crippen LogP contribution in [0.15, 0.2) is 89.8 Å². The summed E-state index contributed by atoms with van der Waals surface area (Å²) in [5.41, 5.74) is 1.17. The summed E-state index contributed by atoms with van der Waals surface area (Å²) in [5.74, 6) is -3.55. The first-order chi connectivity index (χ1) is 20.0. The molecule has 1 saturated carbocycles. The Hall–Kier alpha value is -4.28. The molecule has 0 radical (unpaired) electrons. The lowest BCUT2D eigenvalue weighted by Gasteiger charge is -2.30. The Balaban J connectivity index is 1.24. The summed E-state index contributed by atoms with van der Waals surface area (Å²) < 4.78 is 30.5. The van der Waals surface area contributed by atoms with E-state index in [2.05, 4.69) is 0 Å². The van der Waals surface area contributed by atoms with Crippen LogP contribution in [-0.2, 0) is 19.7 Å². The maximum absolute atomic E-state index is 13.6. The van der Waals surface area contributed by atoms with Gasteiger partial charge >= 0.3 is 10.1 Å². The number of carbonyl (C=O) groups excluding carboxylic acids is 4. The average Bonchev–Trinajstić information content (AvgIpc) is 3.66. The summed E-state index contributed by atoms with van der Waals surface area (Å²) in [7, 11) is -4.10. The molecule has 0 spiro atoms. The van der Waals surface area contributed by atoms with Crippen LogP contribution < -0.4 is 4.18 Å². The maximum Gasteiger partial charge on any atom is 0.339 e. The molecule has 0 unspecified atom stereocenters. The van der Waals surface area contributed by atoms with Crippen LogP contribution in [0, 0.1) is 30.6 Å². The van der Waals surface area contributed by atoms with E-state index in [4.69, 9.17) is 15.8 Å². The minimum absolute atomic E-state index is 0.0121. The van der Waals surface area contributed by atoms with Gasteiger partial charge in [-0.05, 0) is 85.8 Å². The van der Waals surface area contributed by atoms with E-state index in [1.165, 1.54) is 60.7 Å². The molecule has 0 aromatic heterocycles. The molecule has 1 saturated heterocycles. The molecule has 42 heavy (non-hydrogen) atoms. The topological polar surface area (TPSA) is 118 Å². The second-order valence-corrected chi connectivity index (χ2v) is 12.6. The third-order valence-corrected chi connectivity index (χ3v) is 9.51. The first-order valence-corrected chi connectivity index (χ1v) is 15.1. The summed E-state index contributed by atoms with van der Waals surface area (Å²) in [6.45, 7) is 1.24. The number of ketones is 1. The number of rotatable bonds is 8. The number of fused-ring (bicyclic) bond motifs is 5. The fourth-order valence-electron chi connectivity index (χ4n) is 5.90. The van der Waals surface area contributed by atoms with Crippen LogP contribution in [0.4, 0.5) is 0 Å². The van der Waals surface area contributed by atoms with Gasteiger partial charge in [-0.25, -0.2) is 5.01 Å². The molecule has 3 amide bonds. The van der Waals surface area contributed by atoms with Crippen molar-refractivity contribution in [2.24, 2.45) is 23.7 Å². The Morgan fingerprint density at radius 3 is 1.98 bits per heavy atom. The second kappa shape index (κ2) is 10.5. The molecule has 1 heterocycles. The molecule has 2 fully saturated rings. The standard InChI is InChI=1S/C31H25ClN2O7S/c1-18-2-14-25(15-3-18)42(39,40)41-24-12-8-19(9-13-24)26(35)17-33(29(36)20-6-10-23(32)11-7-20)34-30(37)27-21-4-5-22(16-21)28(27)31(34)38/h2-15,21-22,27-28H,16-17H2,1H3/t21-,22-,27+,28+/m0/s1. The van der Waals surface area contributed by atoms with Crippen LogP contribution in [0.25, 0.3) is 0 Å². The van der Waals surface area contributed by atoms with Gasteiger partial charge in [0, 0.05) is 16.1 Å². The van der Waals surface area contributed by atoms with E-state index in [0.717, 1.165) is 22.0 Å². The van der Waals surface area contributed by atoms with Crippen molar-refractivity contribution in [3.63, 3.8) is 0 Å². The van der Waals surface area contributed by atoms with Gasteiger partial charge in [0.15, 0.2) is 5.78 Å². The van der Waals surface area contributed by atoms with E-state index < -0.39 is 52.0 Å². The minimum atomic E-state index is -4.10. The highest BCUT2D eigenvalue weighted by Crippen LogP contribution is 2.52. The summed E-state index contributed by atoms with van der Waals surface area (Å²) in [6, 6.07) is 17.5. The largest absolute Gasteiger partial charge is 0.379 e. The number of nitrogens with zero attached hydrogens (tertiary/aromatic N) is 2. The number of amides is 3. The first-order valence-electron chi connectivity index (χ1n) is 13.3. The number of carbonyl (C=O) groups is 4. The summed E-state index contributed by atoms with van der Waals surface area (Å²) in [6.07, 6.45) is 4.61. The molecule has 6 rings (SSSR count). The lowest BCUT2D eigenvalue weighted by Crippen LogP contribution is -2.52. The van der Waals surface area contributed by atoms with Gasteiger partial charge in [-0.15, -0.1) is 0 Å². The van der Waals surface area contributed by atoms with Gasteiger partial charge in [0.1, 0.15) is 17.2 Å². The van der Waals surface area contributed by atoms with E-state index in [-0.39, 0.29) is 33.6 Å². The van der Waals surface area contributed by atoms with Crippen LogP contribution in [0.3, 0.4) is 0 Å². The summed E-state index contributed by atoms with van der Waals surface area (Å²) >= 11 is 5.98. The van der Waals surface area contributed by atoms with E-state index in [1.54, 1.807) is 12.1 Å². The van der Waals surface area contributed by atoms with E-state index in [9.17, 15) is 27.6 Å². The zero-order chi connectivity index (χ0) is 29.8. The molecule has 3 aromatic rings. The predicted octanol–water partition coefficient (Wildman–Crippen LogP) is 4.46. The summed E-state index contributed by atoms with van der Waals surface area (Å²) in [5, 5.41) is 2.13. The molecule has 4 atom stereocenters. The third kappa shape index (κ3) is 4.90. The number of allylic oxidation sites excluding steroid dienone is 2. The molecular weight excluding hydrogens is 580 g/mol. The molecule has 0 N–H and O–H groups in total. The van der Waals surface area contributed by atoms with Crippen molar-refractivity contribution < 1.29 is 31.8 Å². The number of aryl methyl sites for hydroxylation is 1. The van der Waals surface area contributed by atoms with Gasteiger partial charge in [0.2, 0.25) is 0 Å². The van der Waals surface area contributed by atoms with Gasteiger partial charge in [-0.1, -0.05) is 41.4 Å². The van der Waals surface area contributed by atoms with Crippen molar-refractivity contribution in [3.05, 3.63) is 107 Å². The van der Waals surface area contributed by atoms with Gasteiger partial charge in [-0.3, -0.25) is 19.2 Å². The van der Waals surface area contributed by atoms with Crippen molar-refractivity contribution in [3.8, 4) is 5.75 Å². The molecule has 1 aliphatic heterocycles. The molecule has 9 nitrogen and oxygen atoms in total. The van der Waals surface area contributed by atoms with Crippen LogP contribution in [-0.4, -0.2) is 48.5 Å². The molecule has 11 heteroatoms. The number of imide groups is 1. The number of hydrogen-bond acceptors (Lipinski definition) is 7. The number of Topliss-reactive ketones (excluding diaryl/α,β-unsaturated/α-hetero) is 1. The van der Waals surface area contributed by atoms with Crippen LogP contribution >= 0.6 is 11.6 Å². The molecule has 214 valence electrons. The lowest BCUT2D eigenvalue weighted by molar-refractivity contribution is -0.154. The third-order valence-electron chi connectivity index (χ3n) is 8.00. The van der Waals surface area contributed by atoms with Crippen molar-refractivity contribution in [1.29, 1.82) is 0 Å². The lowest BCUT2D eigenvalue weighted by atomic mass is 9.85. The fraction of sp³-hybridized carbons (Fsp3) is 0.226. The minimum Gasteiger partial charge on any atom is -0.379 e. The smallest absolute Gasteiger partial charge is 0.339 e. The second-order valence-electron chi connectivity index (χ2n) is 10.7. The first kappa shape index (κ1) is 27.9. The highest BCUT2D eigenvalue weighted by Gasteiger charge is 2.61. The monoisotopic (exact) mass is 604 g/mol. The molecule has 2 bridgehead atoms. The van der Waals surface area contributed by atoms with Crippen molar-refractivity contribution >= 4 is 45.2 Å². The van der Waals surface area contributed by atoms with Crippen LogP contribution in [0.1, 0.15) is 32.7 Å². The average molecular weight is 605 g/mol. The SMILES string of the molecule is Cc1ccc(S(=O)(=O)Oc2ccc(C(=O)CN(C(=O)c3ccc(Cl)cc3)N3C(=O)[C@H]4[C@H](C3=O)[C@H]3C=C[C@H]4C3)cc2)cc1. The molecular formula is C31H25ClN2O7S. The van der Waals surface area contributed by atoms with Gasteiger partial charge in [-0.2, -0.15) is 13.4 Å². The number of halogens is 1. The molecule has 2 aliphatic carbocycles. The van der Waals surface area contributed by atoms with E-state index >= 15 is 0 Å². The zero-order valence-electron chi connectivity index (χ0n) is 22.3. The highest BCUT2D eigenvalue weighted by molar-refractivity contribution is 7.87. The Bertz CT molecular complexity index is 1710. The van der Waals surface area contributed by atoms with Crippen molar-refractivity contribution in [2.75, 3.05) is 6.54 Å². The number of hydrogen-bond donors (Lipinski definition) is 0. The molecule has 3 aliphatic rings. The Labute approximate surface area is 247 Å². The number of benzene rings is 3. The Morgan fingerprint density at radius 1 is 0.857 bits per heavy atom.